The summed E-state index contributed by atoms with van der Waals surface area (Å²) in [6.07, 6.45) is 14.4. The fourth-order valence-corrected chi connectivity index (χ4v) is 5.40. The molecule has 0 radical (unpaired) electrons. The molecule has 2 aliphatic carbocycles. The van der Waals surface area contributed by atoms with Gasteiger partial charge in [-0.25, -0.2) is 4.79 Å². The van der Waals surface area contributed by atoms with E-state index in [-0.39, 0.29) is 0 Å². The van der Waals surface area contributed by atoms with E-state index in [9.17, 15) is 9.90 Å². The van der Waals surface area contributed by atoms with E-state index in [2.05, 4.69) is 13.0 Å². The second-order valence-electron chi connectivity index (χ2n) is 7.96. The minimum absolute atomic E-state index is 0.309. The van der Waals surface area contributed by atoms with E-state index in [1.165, 1.54) is 56.1 Å². The first-order valence-electron chi connectivity index (χ1n) is 9.94. The van der Waals surface area contributed by atoms with Crippen molar-refractivity contribution in [3.05, 3.63) is 41.2 Å². The summed E-state index contributed by atoms with van der Waals surface area (Å²) in [5.41, 5.74) is 2.82. The molecule has 4 rings (SSSR count). The van der Waals surface area contributed by atoms with Gasteiger partial charge in [0.05, 0.1) is 6.26 Å². The van der Waals surface area contributed by atoms with Crippen molar-refractivity contribution in [3.63, 3.8) is 0 Å². The molecule has 0 bridgehead atoms. The molecular weight excluding hydrogens is 312 g/mol. The van der Waals surface area contributed by atoms with Crippen LogP contribution in [-0.2, 0) is 6.42 Å². The molecule has 1 saturated carbocycles. The second kappa shape index (κ2) is 6.86. The van der Waals surface area contributed by atoms with E-state index in [0.29, 0.717) is 29.1 Å². The van der Waals surface area contributed by atoms with E-state index < -0.39 is 5.97 Å². The summed E-state index contributed by atoms with van der Waals surface area (Å²) in [6.45, 7) is 2.26. The predicted octanol–water partition coefficient (Wildman–Crippen LogP) is 5.54. The first-order valence-corrected chi connectivity index (χ1v) is 9.94. The number of benzene rings is 1. The monoisotopic (exact) mass is 340 g/mol. The molecular formula is C22H28O3. The second-order valence-corrected chi connectivity index (χ2v) is 7.96. The van der Waals surface area contributed by atoms with Crippen LogP contribution in [-0.4, -0.2) is 11.1 Å². The van der Waals surface area contributed by atoms with Crippen LogP contribution in [0.5, 0.6) is 5.75 Å². The van der Waals surface area contributed by atoms with Gasteiger partial charge in [-0.3, -0.25) is 0 Å². The molecule has 1 N–H and O–H groups in total. The summed E-state index contributed by atoms with van der Waals surface area (Å²) in [6, 6.07) is 3.74. The fraction of sp³-hybridized carbons (Fsp3) is 0.591. The number of carbonyl (C=O) groups is 1. The van der Waals surface area contributed by atoms with Gasteiger partial charge in [-0.1, -0.05) is 51.5 Å². The van der Waals surface area contributed by atoms with Gasteiger partial charge in [0.25, 0.3) is 0 Å². The smallest absolute Gasteiger partial charge is 0.339 e. The minimum atomic E-state index is -0.893. The maximum Gasteiger partial charge on any atom is 0.339 e. The van der Waals surface area contributed by atoms with Crippen molar-refractivity contribution >= 4 is 5.97 Å². The number of hydrogen-bond donors (Lipinski definition) is 1. The summed E-state index contributed by atoms with van der Waals surface area (Å²) in [7, 11) is 0. The molecule has 3 nitrogen and oxygen atoms in total. The molecule has 0 saturated heterocycles. The third-order valence-electron chi connectivity index (χ3n) is 6.60. The Hall–Kier alpha value is -1.77. The highest BCUT2D eigenvalue weighted by Gasteiger charge is 2.55. The van der Waals surface area contributed by atoms with Crippen LogP contribution in [0, 0.1) is 17.8 Å². The molecule has 4 atom stereocenters. The number of ether oxygens (including phenoxy) is 1. The largest absolute Gasteiger partial charge is 0.478 e. The average molecular weight is 340 g/mol. The highest BCUT2D eigenvalue weighted by atomic mass is 16.5. The Balaban J connectivity index is 1.46. The van der Waals surface area contributed by atoms with Gasteiger partial charge in [0.2, 0.25) is 0 Å². The maximum absolute atomic E-state index is 11.5. The number of unbranched alkanes of at least 4 members (excludes halogenated alkanes) is 5. The zero-order valence-electron chi connectivity index (χ0n) is 15.0. The van der Waals surface area contributed by atoms with Crippen LogP contribution in [0.2, 0.25) is 0 Å². The van der Waals surface area contributed by atoms with E-state index in [1.807, 2.05) is 6.07 Å². The standard InChI is InChI=1S/C22H28O3/c1-2-3-4-5-6-7-8-15-16-11-12-25-21-17(22(23)24)10-9-14-13-18(15)20(16)19(14)21/h9-12,15-16,18,20H,2-8,13H2,1H3,(H,23,24). The number of allylic oxidation sites excluding steroid dienone is 1. The maximum atomic E-state index is 11.5. The van der Waals surface area contributed by atoms with E-state index in [1.54, 1.807) is 12.3 Å². The Kier molecular flexibility index (Phi) is 4.58. The Bertz CT molecular complexity index is 691. The van der Waals surface area contributed by atoms with Crippen molar-refractivity contribution in [1.82, 2.24) is 0 Å². The van der Waals surface area contributed by atoms with E-state index in [0.717, 1.165) is 12.3 Å². The quantitative estimate of drug-likeness (QED) is 0.632. The predicted molar refractivity (Wildman–Crippen MR) is 98.1 cm³/mol. The van der Waals surface area contributed by atoms with Crippen LogP contribution in [0.1, 0.15) is 79.3 Å². The molecule has 134 valence electrons. The van der Waals surface area contributed by atoms with Gasteiger partial charge in [-0.15, -0.1) is 0 Å². The lowest BCUT2D eigenvalue weighted by atomic mass is 9.55. The molecule has 1 aliphatic heterocycles. The zero-order chi connectivity index (χ0) is 17.4. The van der Waals surface area contributed by atoms with Crippen LogP contribution >= 0.6 is 0 Å². The van der Waals surface area contributed by atoms with Crippen molar-refractivity contribution in [1.29, 1.82) is 0 Å². The fourth-order valence-electron chi connectivity index (χ4n) is 5.40. The van der Waals surface area contributed by atoms with Crippen LogP contribution in [0.4, 0.5) is 0 Å². The van der Waals surface area contributed by atoms with Gasteiger partial charge in [-0.05, 0) is 54.2 Å². The lowest BCUT2D eigenvalue weighted by Crippen LogP contribution is -2.41. The summed E-state index contributed by atoms with van der Waals surface area (Å²) in [5, 5.41) is 9.46. The van der Waals surface area contributed by atoms with Crippen LogP contribution in [0.15, 0.2) is 24.5 Å². The zero-order valence-corrected chi connectivity index (χ0v) is 15.0. The molecule has 3 aliphatic rings. The molecule has 0 amide bonds. The summed E-state index contributed by atoms with van der Waals surface area (Å²) >= 11 is 0. The Labute approximate surface area is 150 Å². The molecule has 1 heterocycles. The number of carboxylic acids is 1. The average Bonchev–Trinajstić information content (AvgIpc) is 2.82. The molecule has 3 heteroatoms. The van der Waals surface area contributed by atoms with Crippen molar-refractivity contribution in [2.24, 2.45) is 17.8 Å². The summed E-state index contributed by atoms with van der Waals surface area (Å²) < 4.78 is 5.79. The number of hydrogen-bond acceptors (Lipinski definition) is 2. The lowest BCUT2D eigenvalue weighted by molar-refractivity contribution is 0.0689. The van der Waals surface area contributed by atoms with Gasteiger partial charge in [0.1, 0.15) is 11.3 Å². The minimum Gasteiger partial charge on any atom is -0.478 e. The van der Waals surface area contributed by atoms with Gasteiger partial charge >= 0.3 is 5.97 Å². The first kappa shape index (κ1) is 16.7. The first-order chi connectivity index (χ1) is 12.2. The van der Waals surface area contributed by atoms with Gasteiger partial charge in [-0.2, -0.15) is 0 Å². The molecule has 25 heavy (non-hydrogen) atoms. The molecule has 4 unspecified atom stereocenters. The third-order valence-corrected chi connectivity index (χ3v) is 6.60. The third kappa shape index (κ3) is 2.78. The van der Waals surface area contributed by atoms with Crippen molar-refractivity contribution in [3.8, 4) is 5.75 Å². The Morgan fingerprint density at radius 3 is 2.80 bits per heavy atom. The summed E-state index contributed by atoms with van der Waals surface area (Å²) in [5.74, 6) is 2.15. The van der Waals surface area contributed by atoms with Gasteiger partial charge in [0, 0.05) is 5.56 Å². The lowest BCUT2D eigenvalue weighted by Gasteiger charge is -2.48. The molecule has 1 fully saturated rings. The highest BCUT2D eigenvalue weighted by Crippen LogP contribution is 2.63. The molecule has 0 spiro atoms. The Morgan fingerprint density at radius 1 is 1.20 bits per heavy atom. The van der Waals surface area contributed by atoms with E-state index in [4.69, 9.17) is 4.74 Å². The van der Waals surface area contributed by atoms with Crippen LogP contribution < -0.4 is 4.74 Å². The van der Waals surface area contributed by atoms with Crippen molar-refractivity contribution < 1.29 is 14.6 Å². The molecule has 1 aromatic rings. The SMILES string of the molecule is CCCCCCCCC1C2C=COc3c(C(=O)O)ccc4c3C2C1C4. The highest BCUT2D eigenvalue weighted by molar-refractivity contribution is 5.92. The molecule has 1 aromatic carbocycles. The number of carboxylic acid groups (broad SMARTS) is 1. The summed E-state index contributed by atoms with van der Waals surface area (Å²) in [4.78, 5) is 11.5. The van der Waals surface area contributed by atoms with E-state index >= 15 is 0 Å². The van der Waals surface area contributed by atoms with Crippen LogP contribution in [0.25, 0.3) is 0 Å². The van der Waals surface area contributed by atoms with Gasteiger partial charge in [0.15, 0.2) is 0 Å². The number of aromatic carboxylic acids is 1. The normalized spacial score (nSPS) is 28.0. The van der Waals surface area contributed by atoms with Crippen LogP contribution in [0.3, 0.4) is 0 Å². The number of rotatable bonds is 8. The van der Waals surface area contributed by atoms with Crippen molar-refractivity contribution in [2.45, 2.75) is 64.2 Å². The Morgan fingerprint density at radius 2 is 2.00 bits per heavy atom. The van der Waals surface area contributed by atoms with Gasteiger partial charge < -0.3 is 9.84 Å². The van der Waals surface area contributed by atoms with Crippen molar-refractivity contribution in [2.75, 3.05) is 0 Å². The molecule has 0 aromatic heterocycles. The topological polar surface area (TPSA) is 46.5 Å².